The quantitative estimate of drug-likeness (QED) is 0.339. The van der Waals surface area contributed by atoms with Crippen LogP contribution in [0.1, 0.15) is 22.7 Å². The summed E-state index contributed by atoms with van der Waals surface area (Å²) in [4.78, 5) is 20.5. The lowest BCUT2D eigenvalue weighted by Crippen LogP contribution is -2.05. The Balaban J connectivity index is 1.36. The Hall–Kier alpha value is -4.13. The van der Waals surface area contributed by atoms with Crippen molar-refractivity contribution in [1.29, 1.82) is 0 Å². The maximum absolute atomic E-state index is 11.5. The molecule has 4 rings (SSSR count). The molecule has 7 heteroatoms. The fraction of sp³-hybridized carbons (Fsp3) is 0.192. The molecule has 7 nitrogen and oxygen atoms in total. The summed E-state index contributed by atoms with van der Waals surface area (Å²) >= 11 is 0. The third-order valence-corrected chi connectivity index (χ3v) is 4.91. The Kier molecular flexibility index (Phi) is 6.99. The van der Waals surface area contributed by atoms with Crippen molar-refractivity contribution in [3.63, 3.8) is 0 Å². The van der Waals surface area contributed by atoms with Crippen LogP contribution >= 0.6 is 0 Å². The van der Waals surface area contributed by atoms with E-state index in [2.05, 4.69) is 9.97 Å². The first kappa shape index (κ1) is 22.1. The van der Waals surface area contributed by atoms with Crippen molar-refractivity contribution < 1.29 is 23.4 Å². The number of methoxy groups -OCH3 is 1. The summed E-state index contributed by atoms with van der Waals surface area (Å²) < 4.78 is 22.2. The molecule has 0 saturated carbocycles. The number of carbonyl (C=O) groups excluding carboxylic acids is 1. The largest absolute Gasteiger partial charge is 0.487 e. The van der Waals surface area contributed by atoms with Gasteiger partial charge in [-0.05, 0) is 42.8 Å². The van der Waals surface area contributed by atoms with Crippen LogP contribution in [0.15, 0.2) is 77.2 Å². The van der Waals surface area contributed by atoms with E-state index in [9.17, 15) is 4.79 Å². The van der Waals surface area contributed by atoms with Crippen LogP contribution in [0, 0.1) is 6.92 Å². The Morgan fingerprint density at radius 1 is 0.909 bits per heavy atom. The van der Waals surface area contributed by atoms with Crippen molar-refractivity contribution in [2.75, 3.05) is 7.11 Å². The summed E-state index contributed by atoms with van der Waals surface area (Å²) in [5.41, 5.74) is 3.18. The van der Waals surface area contributed by atoms with Gasteiger partial charge < -0.3 is 18.6 Å². The Morgan fingerprint density at radius 3 is 2.55 bits per heavy atom. The topological polar surface area (TPSA) is 83.7 Å². The predicted octanol–water partition coefficient (Wildman–Crippen LogP) is 4.92. The summed E-state index contributed by atoms with van der Waals surface area (Å²) in [6, 6.07) is 22.6. The lowest BCUT2D eigenvalue weighted by Gasteiger charge is -2.09. The zero-order valence-electron chi connectivity index (χ0n) is 18.5. The molecule has 0 bridgehead atoms. The summed E-state index contributed by atoms with van der Waals surface area (Å²) in [5, 5.41) is 0. The fourth-order valence-corrected chi connectivity index (χ4v) is 3.17. The van der Waals surface area contributed by atoms with Crippen LogP contribution in [0.2, 0.25) is 0 Å². The molecule has 0 aliphatic rings. The van der Waals surface area contributed by atoms with Gasteiger partial charge in [-0.1, -0.05) is 36.4 Å². The molecule has 2 aromatic heterocycles. The van der Waals surface area contributed by atoms with Crippen LogP contribution in [0.4, 0.5) is 0 Å². The van der Waals surface area contributed by atoms with Gasteiger partial charge in [-0.25, -0.2) is 9.97 Å². The maximum atomic E-state index is 11.5. The van der Waals surface area contributed by atoms with Crippen LogP contribution < -0.4 is 9.47 Å². The van der Waals surface area contributed by atoms with Crippen LogP contribution in [0.3, 0.4) is 0 Å². The van der Waals surface area contributed by atoms with Crippen LogP contribution in [0.25, 0.3) is 11.5 Å². The lowest BCUT2D eigenvalue weighted by molar-refractivity contribution is -0.139. The molecule has 0 N–H and O–H groups in total. The normalized spacial score (nSPS) is 10.6. The zero-order chi connectivity index (χ0) is 23.0. The third kappa shape index (κ3) is 5.98. The highest BCUT2D eigenvalue weighted by atomic mass is 16.5. The Bertz CT molecular complexity index is 1220. The van der Waals surface area contributed by atoms with Gasteiger partial charge in [-0.15, -0.1) is 0 Å². The standard InChI is InChI=1S/C26H24N2O5/c1-18-23(28-26(33-18)20-9-4-3-5-10-20)17-32-24-13-7-11-21(27-24)16-31-22-12-6-8-19(14-22)15-25(29)30-2/h3-14H,15-17H2,1-2H3. The molecule has 0 unspecified atom stereocenters. The van der Waals surface area contributed by atoms with Crippen LogP contribution in [0.5, 0.6) is 11.6 Å². The number of aryl methyl sites for hydroxylation is 1. The first-order valence-corrected chi connectivity index (χ1v) is 10.5. The minimum absolute atomic E-state index is 0.197. The van der Waals surface area contributed by atoms with Crippen molar-refractivity contribution in [2.45, 2.75) is 26.6 Å². The molecule has 168 valence electrons. The maximum Gasteiger partial charge on any atom is 0.309 e. The van der Waals surface area contributed by atoms with Gasteiger partial charge in [0, 0.05) is 11.6 Å². The minimum atomic E-state index is -0.295. The smallest absolute Gasteiger partial charge is 0.309 e. The fourth-order valence-electron chi connectivity index (χ4n) is 3.17. The highest BCUT2D eigenvalue weighted by molar-refractivity contribution is 5.72. The van der Waals surface area contributed by atoms with Gasteiger partial charge in [0.1, 0.15) is 30.4 Å². The summed E-state index contributed by atoms with van der Waals surface area (Å²) in [6.45, 7) is 2.37. The molecule has 0 atom stereocenters. The second-order valence-electron chi connectivity index (χ2n) is 7.33. The number of hydrogen-bond acceptors (Lipinski definition) is 7. The molecular weight excluding hydrogens is 420 g/mol. The molecular formula is C26H24N2O5. The van der Waals surface area contributed by atoms with Gasteiger partial charge in [0.25, 0.3) is 0 Å². The number of ether oxygens (including phenoxy) is 3. The van der Waals surface area contributed by atoms with E-state index in [1.54, 1.807) is 6.07 Å². The Morgan fingerprint density at radius 2 is 1.73 bits per heavy atom. The molecule has 0 amide bonds. The van der Waals surface area contributed by atoms with E-state index in [0.717, 1.165) is 16.8 Å². The molecule has 0 saturated heterocycles. The van der Waals surface area contributed by atoms with Gasteiger partial charge in [-0.3, -0.25) is 4.79 Å². The monoisotopic (exact) mass is 444 g/mol. The van der Waals surface area contributed by atoms with Gasteiger partial charge in [0.15, 0.2) is 0 Å². The van der Waals surface area contributed by atoms with Crippen molar-refractivity contribution >= 4 is 5.97 Å². The number of esters is 1. The zero-order valence-corrected chi connectivity index (χ0v) is 18.5. The number of pyridine rings is 1. The van der Waals surface area contributed by atoms with E-state index in [1.165, 1.54) is 7.11 Å². The van der Waals surface area contributed by atoms with Gasteiger partial charge in [0.2, 0.25) is 11.8 Å². The first-order valence-electron chi connectivity index (χ1n) is 10.5. The van der Waals surface area contributed by atoms with E-state index in [0.29, 0.717) is 29.0 Å². The number of rotatable bonds is 9. The third-order valence-electron chi connectivity index (χ3n) is 4.91. The van der Waals surface area contributed by atoms with Gasteiger partial charge >= 0.3 is 5.97 Å². The number of oxazole rings is 1. The van der Waals surface area contributed by atoms with Crippen molar-refractivity contribution in [3.05, 3.63) is 95.5 Å². The van der Waals surface area contributed by atoms with Gasteiger partial charge in [-0.2, -0.15) is 0 Å². The average molecular weight is 444 g/mol. The number of aromatic nitrogens is 2. The van der Waals surface area contributed by atoms with E-state index < -0.39 is 0 Å². The highest BCUT2D eigenvalue weighted by Crippen LogP contribution is 2.22. The molecule has 4 aromatic rings. The SMILES string of the molecule is COC(=O)Cc1cccc(OCc2cccc(OCc3nc(-c4ccccc4)oc3C)n2)c1. The van der Waals surface area contributed by atoms with E-state index in [1.807, 2.05) is 73.7 Å². The number of benzene rings is 2. The van der Waals surface area contributed by atoms with E-state index >= 15 is 0 Å². The summed E-state index contributed by atoms with van der Waals surface area (Å²) in [5.74, 6) is 2.10. The molecule has 0 aliphatic heterocycles. The first-order chi connectivity index (χ1) is 16.1. The molecule has 0 spiro atoms. The molecule has 33 heavy (non-hydrogen) atoms. The molecule has 0 aliphatic carbocycles. The second kappa shape index (κ2) is 10.5. The number of hydrogen-bond donors (Lipinski definition) is 0. The highest BCUT2D eigenvalue weighted by Gasteiger charge is 2.12. The average Bonchev–Trinajstić information content (AvgIpc) is 3.23. The van der Waals surface area contributed by atoms with E-state index in [4.69, 9.17) is 18.6 Å². The molecule has 2 aromatic carbocycles. The van der Waals surface area contributed by atoms with Crippen LogP contribution in [-0.4, -0.2) is 23.0 Å². The molecule has 0 fully saturated rings. The number of carbonyl (C=O) groups is 1. The van der Waals surface area contributed by atoms with Gasteiger partial charge in [0.05, 0.1) is 19.2 Å². The van der Waals surface area contributed by atoms with Crippen molar-refractivity contribution in [1.82, 2.24) is 9.97 Å². The minimum Gasteiger partial charge on any atom is -0.487 e. The second-order valence-corrected chi connectivity index (χ2v) is 7.33. The lowest BCUT2D eigenvalue weighted by atomic mass is 10.1. The van der Waals surface area contributed by atoms with E-state index in [-0.39, 0.29) is 25.6 Å². The molecule has 0 radical (unpaired) electrons. The van der Waals surface area contributed by atoms with Crippen molar-refractivity contribution in [2.24, 2.45) is 0 Å². The predicted molar refractivity (Wildman–Crippen MR) is 122 cm³/mol. The van der Waals surface area contributed by atoms with Crippen molar-refractivity contribution in [3.8, 4) is 23.1 Å². The molecule has 2 heterocycles. The van der Waals surface area contributed by atoms with Crippen LogP contribution in [-0.2, 0) is 29.2 Å². The summed E-state index contributed by atoms with van der Waals surface area (Å²) in [6.07, 6.45) is 0.197. The Labute approximate surface area is 192 Å². The summed E-state index contributed by atoms with van der Waals surface area (Å²) in [7, 11) is 1.37. The number of nitrogens with zero attached hydrogens (tertiary/aromatic N) is 2.